The zero-order valence-corrected chi connectivity index (χ0v) is 14.8. The van der Waals surface area contributed by atoms with E-state index in [0.29, 0.717) is 23.4 Å². The number of nitrogens with zero attached hydrogens (tertiary/aromatic N) is 3. The summed E-state index contributed by atoms with van der Waals surface area (Å²) in [5.41, 5.74) is 0.465. The van der Waals surface area contributed by atoms with Crippen molar-refractivity contribution in [3.8, 4) is 0 Å². The van der Waals surface area contributed by atoms with Crippen LogP contribution in [0.4, 0.5) is 0 Å². The topological polar surface area (TPSA) is 80.0 Å². The number of amides is 1. The number of fused-ring (bicyclic) bond motifs is 1. The van der Waals surface area contributed by atoms with Crippen molar-refractivity contribution >= 4 is 28.3 Å². The van der Waals surface area contributed by atoms with Crippen LogP contribution in [0.5, 0.6) is 0 Å². The van der Waals surface area contributed by atoms with Crippen molar-refractivity contribution in [1.82, 2.24) is 20.1 Å². The van der Waals surface area contributed by atoms with Crippen LogP contribution in [0.15, 0.2) is 49.1 Å². The molecule has 4 rings (SSSR count). The average Bonchev–Trinajstić information content (AvgIpc) is 3.25. The standard InChI is InChI=1S/C19H19ClN4O2/c20-16-4-1-3-13-14(16)9-21-10-15(13)19(26)23-17-7-12(8-18(17)25)11-24-6-2-5-22-24/h1-6,9-10,12,17-18,25H,7-8,11H2,(H,23,26)/t12?,17-,18-/m1/s1. The first-order valence-corrected chi connectivity index (χ1v) is 8.98. The van der Waals surface area contributed by atoms with E-state index in [2.05, 4.69) is 15.4 Å². The van der Waals surface area contributed by atoms with Crippen LogP contribution in [0.25, 0.3) is 10.8 Å². The summed E-state index contributed by atoms with van der Waals surface area (Å²) in [6.45, 7) is 0.738. The van der Waals surface area contributed by atoms with E-state index in [4.69, 9.17) is 11.6 Å². The van der Waals surface area contributed by atoms with Gasteiger partial charge in [-0.15, -0.1) is 0 Å². The van der Waals surface area contributed by atoms with Crippen LogP contribution >= 0.6 is 11.6 Å². The van der Waals surface area contributed by atoms with Gasteiger partial charge in [0.15, 0.2) is 0 Å². The third-order valence-corrected chi connectivity index (χ3v) is 5.27. The molecule has 1 saturated carbocycles. The van der Waals surface area contributed by atoms with Gasteiger partial charge in [-0.2, -0.15) is 5.10 Å². The average molecular weight is 371 g/mol. The highest BCUT2D eigenvalue weighted by atomic mass is 35.5. The summed E-state index contributed by atoms with van der Waals surface area (Å²) in [5.74, 6) is 0.0319. The highest BCUT2D eigenvalue weighted by molar-refractivity contribution is 6.35. The molecule has 0 radical (unpaired) electrons. The predicted octanol–water partition coefficient (Wildman–Crippen LogP) is 2.65. The lowest BCUT2D eigenvalue weighted by atomic mass is 10.1. The second-order valence-corrected chi connectivity index (χ2v) is 7.14. The van der Waals surface area contributed by atoms with Gasteiger partial charge in [-0.1, -0.05) is 23.7 Å². The van der Waals surface area contributed by atoms with E-state index < -0.39 is 6.10 Å². The lowest BCUT2D eigenvalue weighted by Crippen LogP contribution is -2.40. The molecule has 134 valence electrons. The Morgan fingerprint density at radius 1 is 1.27 bits per heavy atom. The molecule has 2 N–H and O–H groups in total. The summed E-state index contributed by atoms with van der Waals surface area (Å²) in [6.07, 6.45) is 7.63. The molecule has 1 aromatic carbocycles. The summed E-state index contributed by atoms with van der Waals surface area (Å²) >= 11 is 6.19. The first-order valence-electron chi connectivity index (χ1n) is 8.60. The molecule has 0 spiro atoms. The molecule has 26 heavy (non-hydrogen) atoms. The number of aromatic nitrogens is 3. The molecular formula is C19H19ClN4O2. The number of aliphatic hydroxyl groups is 1. The molecule has 2 aromatic heterocycles. The molecule has 1 aliphatic rings. The van der Waals surface area contributed by atoms with Gasteiger partial charge >= 0.3 is 0 Å². The van der Waals surface area contributed by atoms with E-state index in [1.54, 1.807) is 18.5 Å². The maximum absolute atomic E-state index is 12.8. The lowest BCUT2D eigenvalue weighted by molar-refractivity contribution is 0.0874. The SMILES string of the molecule is O=C(N[C@@H]1CC(Cn2cccn2)C[C@H]1O)c1cncc2c(Cl)cccc12. The van der Waals surface area contributed by atoms with E-state index in [1.807, 2.05) is 29.1 Å². The van der Waals surface area contributed by atoms with Crippen LogP contribution in [0.3, 0.4) is 0 Å². The normalized spacial score (nSPS) is 22.6. The van der Waals surface area contributed by atoms with Crippen molar-refractivity contribution in [1.29, 1.82) is 0 Å². The first kappa shape index (κ1) is 17.0. The van der Waals surface area contributed by atoms with Gasteiger partial charge in [-0.3, -0.25) is 14.5 Å². The fourth-order valence-electron chi connectivity index (χ4n) is 3.68. The minimum absolute atomic E-state index is 0.242. The second-order valence-electron chi connectivity index (χ2n) is 6.73. The highest BCUT2D eigenvalue weighted by Crippen LogP contribution is 2.29. The van der Waals surface area contributed by atoms with E-state index in [0.717, 1.165) is 17.3 Å². The summed E-state index contributed by atoms with van der Waals surface area (Å²) in [5, 5.41) is 19.6. The summed E-state index contributed by atoms with van der Waals surface area (Å²) in [4.78, 5) is 16.9. The fraction of sp³-hybridized carbons (Fsp3) is 0.316. The van der Waals surface area contributed by atoms with Gasteiger partial charge in [0.1, 0.15) is 0 Å². The van der Waals surface area contributed by atoms with Crippen molar-refractivity contribution in [2.75, 3.05) is 0 Å². The van der Waals surface area contributed by atoms with Crippen LogP contribution in [-0.4, -0.2) is 37.9 Å². The van der Waals surface area contributed by atoms with Crippen molar-refractivity contribution in [3.63, 3.8) is 0 Å². The number of nitrogens with one attached hydrogen (secondary N) is 1. The van der Waals surface area contributed by atoms with E-state index >= 15 is 0 Å². The highest BCUT2D eigenvalue weighted by Gasteiger charge is 2.34. The number of halogens is 1. The van der Waals surface area contributed by atoms with Crippen molar-refractivity contribution in [2.24, 2.45) is 5.92 Å². The van der Waals surface area contributed by atoms with Crippen LogP contribution < -0.4 is 5.32 Å². The van der Waals surface area contributed by atoms with Gasteiger partial charge in [-0.05, 0) is 36.3 Å². The monoisotopic (exact) mass is 370 g/mol. The Kier molecular flexibility index (Phi) is 4.61. The minimum atomic E-state index is -0.564. The third kappa shape index (κ3) is 3.30. The minimum Gasteiger partial charge on any atom is -0.391 e. The molecule has 0 aliphatic heterocycles. The number of carbonyl (C=O) groups excluding carboxylic acids is 1. The molecule has 1 unspecified atom stereocenters. The Morgan fingerprint density at radius 3 is 2.96 bits per heavy atom. The third-order valence-electron chi connectivity index (χ3n) is 4.94. The molecule has 3 atom stereocenters. The molecule has 6 nitrogen and oxygen atoms in total. The van der Waals surface area contributed by atoms with Crippen LogP contribution in [-0.2, 0) is 6.54 Å². The first-order chi connectivity index (χ1) is 12.6. The van der Waals surface area contributed by atoms with Gasteiger partial charge in [-0.25, -0.2) is 0 Å². The Morgan fingerprint density at radius 2 is 2.15 bits per heavy atom. The van der Waals surface area contributed by atoms with Gasteiger partial charge in [0, 0.05) is 41.7 Å². The van der Waals surface area contributed by atoms with Crippen LogP contribution in [0, 0.1) is 5.92 Å². The Bertz CT molecular complexity index is 928. The molecular weight excluding hydrogens is 352 g/mol. The van der Waals surface area contributed by atoms with Gasteiger partial charge in [0.25, 0.3) is 5.91 Å². The predicted molar refractivity (Wildman–Crippen MR) is 99.0 cm³/mol. The molecule has 1 aliphatic carbocycles. The number of benzene rings is 1. The molecule has 0 bridgehead atoms. The van der Waals surface area contributed by atoms with Crippen molar-refractivity contribution in [2.45, 2.75) is 31.5 Å². The Hall–Kier alpha value is -2.44. The second kappa shape index (κ2) is 7.05. The zero-order chi connectivity index (χ0) is 18.1. The lowest BCUT2D eigenvalue weighted by Gasteiger charge is -2.17. The van der Waals surface area contributed by atoms with Gasteiger partial charge < -0.3 is 10.4 Å². The van der Waals surface area contributed by atoms with E-state index in [9.17, 15) is 9.90 Å². The van der Waals surface area contributed by atoms with Gasteiger partial charge in [0.2, 0.25) is 0 Å². The molecule has 7 heteroatoms. The number of aliphatic hydroxyl groups excluding tert-OH is 1. The molecule has 1 fully saturated rings. The molecule has 1 amide bonds. The zero-order valence-electron chi connectivity index (χ0n) is 14.0. The van der Waals surface area contributed by atoms with E-state index in [-0.39, 0.29) is 17.9 Å². The number of rotatable bonds is 4. The molecule has 2 heterocycles. The maximum atomic E-state index is 12.8. The Balaban J connectivity index is 1.49. The maximum Gasteiger partial charge on any atom is 0.253 e. The molecule has 3 aromatic rings. The summed E-state index contributed by atoms with van der Waals surface area (Å²) in [6, 6.07) is 7.03. The van der Waals surface area contributed by atoms with Crippen molar-refractivity contribution in [3.05, 3.63) is 59.6 Å². The number of pyridine rings is 1. The summed E-state index contributed by atoms with van der Waals surface area (Å²) in [7, 11) is 0. The fourth-order valence-corrected chi connectivity index (χ4v) is 3.90. The van der Waals surface area contributed by atoms with Crippen LogP contribution in [0.2, 0.25) is 5.02 Å². The summed E-state index contributed by atoms with van der Waals surface area (Å²) < 4.78 is 1.86. The number of hydrogen-bond acceptors (Lipinski definition) is 4. The quantitative estimate of drug-likeness (QED) is 0.740. The number of carbonyl (C=O) groups is 1. The van der Waals surface area contributed by atoms with E-state index in [1.165, 1.54) is 6.20 Å². The largest absolute Gasteiger partial charge is 0.391 e. The number of hydrogen-bond donors (Lipinski definition) is 2. The smallest absolute Gasteiger partial charge is 0.253 e. The van der Waals surface area contributed by atoms with Crippen molar-refractivity contribution < 1.29 is 9.90 Å². The van der Waals surface area contributed by atoms with Crippen LogP contribution in [0.1, 0.15) is 23.2 Å². The van der Waals surface area contributed by atoms with Gasteiger partial charge in [0.05, 0.1) is 17.7 Å². The molecule has 0 saturated heterocycles. The Labute approximate surface area is 155 Å².